The van der Waals surface area contributed by atoms with E-state index in [1.54, 1.807) is 0 Å². The third-order valence-electron chi connectivity index (χ3n) is 4.70. The average molecular weight is 289 g/mol. The summed E-state index contributed by atoms with van der Waals surface area (Å²) in [6, 6.07) is 8.51. The van der Waals surface area contributed by atoms with Gasteiger partial charge in [0.2, 0.25) is 0 Å². The van der Waals surface area contributed by atoms with Crippen molar-refractivity contribution in [3.8, 4) is 5.75 Å². The molecular formula is C19H31NO. The highest BCUT2D eigenvalue weighted by atomic mass is 16.5. The smallest absolute Gasteiger partial charge is 0.119 e. The second-order valence-electron chi connectivity index (χ2n) is 6.42. The first-order valence-corrected chi connectivity index (χ1v) is 8.74. The van der Waals surface area contributed by atoms with E-state index in [1.807, 2.05) is 0 Å². The molecule has 2 rings (SSSR count). The van der Waals surface area contributed by atoms with Crippen LogP contribution in [0.5, 0.6) is 5.75 Å². The van der Waals surface area contributed by atoms with Crippen LogP contribution in [-0.4, -0.2) is 13.2 Å². The molecule has 1 fully saturated rings. The predicted molar refractivity (Wildman–Crippen MR) is 89.7 cm³/mol. The average Bonchev–Trinajstić information content (AvgIpc) is 2.55. The molecule has 1 aromatic rings. The van der Waals surface area contributed by atoms with Crippen molar-refractivity contribution in [3.05, 3.63) is 29.8 Å². The molecule has 1 N–H and O–H groups in total. The normalized spacial score (nSPS) is 22.2. The van der Waals surface area contributed by atoms with Crippen molar-refractivity contribution < 1.29 is 4.74 Å². The van der Waals surface area contributed by atoms with E-state index in [2.05, 4.69) is 43.4 Å². The molecule has 2 nitrogen and oxygen atoms in total. The van der Waals surface area contributed by atoms with Gasteiger partial charge in [-0.25, -0.2) is 0 Å². The number of rotatable bonds is 8. The van der Waals surface area contributed by atoms with E-state index in [1.165, 1.54) is 44.2 Å². The monoisotopic (exact) mass is 289 g/mol. The molecule has 0 atom stereocenters. The number of hydrogen-bond donors (Lipinski definition) is 1. The molecule has 0 bridgehead atoms. The lowest BCUT2D eigenvalue weighted by atomic mass is 9.81. The maximum absolute atomic E-state index is 5.61. The number of nitrogens with one attached hydrogen (secondary N) is 1. The summed E-state index contributed by atoms with van der Waals surface area (Å²) in [5.41, 5.74) is 1.35. The molecule has 2 heteroatoms. The topological polar surface area (TPSA) is 21.3 Å². The highest BCUT2D eigenvalue weighted by Crippen LogP contribution is 2.30. The van der Waals surface area contributed by atoms with Crippen LogP contribution in [0.1, 0.15) is 57.9 Å². The zero-order valence-corrected chi connectivity index (χ0v) is 13.7. The first-order chi connectivity index (χ1) is 10.3. The number of hydrogen-bond acceptors (Lipinski definition) is 2. The Kier molecular flexibility index (Phi) is 7.08. The first kappa shape index (κ1) is 16.4. The van der Waals surface area contributed by atoms with Crippen molar-refractivity contribution in [2.75, 3.05) is 13.2 Å². The minimum atomic E-state index is 0.804. The van der Waals surface area contributed by atoms with Crippen LogP contribution in [0.3, 0.4) is 0 Å². The SMILES string of the molecule is CCCOc1ccc(CNCC2CCC(CC)CC2)cc1. The maximum Gasteiger partial charge on any atom is 0.119 e. The summed E-state index contributed by atoms with van der Waals surface area (Å²) >= 11 is 0. The second-order valence-corrected chi connectivity index (χ2v) is 6.42. The zero-order valence-electron chi connectivity index (χ0n) is 13.7. The van der Waals surface area contributed by atoms with Crippen molar-refractivity contribution in [2.24, 2.45) is 11.8 Å². The van der Waals surface area contributed by atoms with Crippen LogP contribution in [0.4, 0.5) is 0 Å². The van der Waals surface area contributed by atoms with E-state index in [0.29, 0.717) is 0 Å². The highest BCUT2D eigenvalue weighted by Gasteiger charge is 2.19. The molecule has 0 saturated heterocycles. The number of ether oxygens (including phenoxy) is 1. The Morgan fingerprint density at radius 1 is 1.00 bits per heavy atom. The standard InChI is InChI=1S/C19H31NO/c1-3-13-21-19-11-9-18(10-12-19)15-20-14-17-7-5-16(4-2)6-8-17/h9-12,16-17,20H,3-8,13-15H2,1-2H3. The quantitative estimate of drug-likeness (QED) is 0.743. The van der Waals surface area contributed by atoms with Crippen molar-refractivity contribution in [1.82, 2.24) is 5.32 Å². The summed E-state index contributed by atoms with van der Waals surface area (Å²) < 4.78 is 5.61. The molecular weight excluding hydrogens is 258 g/mol. The summed E-state index contributed by atoms with van der Waals surface area (Å²) in [6.45, 7) is 7.41. The van der Waals surface area contributed by atoms with E-state index < -0.39 is 0 Å². The minimum absolute atomic E-state index is 0.804. The fourth-order valence-electron chi connectivity index (χ4n) is 3.19. The second kappa shape index (κ2) is 9.09. The van der Waals surface area contributed by atoms with Gasteiger partial charge in [-0.3, -0.25) is 0 Å². The summed E-state index contributed by atoms with van der Waals surface area (Å²) in [7, 11) is 0. The van der Waals surface area contributed by atoms with Crippen LogP contribution in [0.25, 0.3) is 0 Å². The maximum atomic E-state index is 5.61. The van der Waals surface area contributed by atoms with Gasteiger partial charge in [-0.05, 0) is 55.3 Å². The van der Waals surface area contributed by atoms with Crippen LogP contribution in [0.2, 0.25) is 0 Å². The molecule has 1 saturated carbocycles. The molecule has 0 amide bonds. The van der Waals surface area contributed by atoms with Crippen molar-refractivity contribution in [1.29, 1.82) is 0 Å². The van der Waals surface area contributed by atoms with E-state index in [-0.39, 0.29) is 0 Å². The molecule has 0 unspecified atom stereocenters. The van der Waals surface area contributed by atoms with Gasteiger partial charge < -0.3 is 10.1 Å². The molecule has 0 aliphatic heterocycles. The first-order valence-electron chi connectivity index (χ1n) is 8.74. The fourth-order valence-corrected chi connectivity index (χ4v) is 3.19. The lowest BCUT2D eigenvalue weighted by molar-refractivity contribution is 0.262. The molecule has 1 aliphatic carbocycles. The Balaban J connectivity index is 1.64. The van der Waals surface area contributed by atoms with E-state index >= 15 is 0 Å². The van der Waals surface area contributed by atoms with Gasteiger partial charge in [0.25, 0.3) is 0 Å². The van der Waals surface area contributed by atoms with E-state index in [4.69, 9.17) is 4.74 Å². The molecule has 0 spiro atoms. The van der Waals surface area contributed by atoms with Crippen LogP contribution >= 0.6 is 0 Å². The van der Waals surface area contributed by atoms with Crippen LogP contribution in [-0.2, 0) is 6.54 Å². The predicted octanol–water partition coefficient (Wildman–Crippen LogP) is 4.78. The van der Waals surface area contributed by atoms with Gasteiger partial charge in [0.15, 0.2) is 0 Å². The molecule has 118 valence electrons. The summed E-state index contributed by atoms with van der Waals surface area (Å²) in [5, 5.41) is 3.63. The largest absolute Gasteiger partial charge is 0.494 e. The van der Waals surface area contributed by atoms with Gasteiger partial charge in [0, 0.05) is 6.54 Å². The summed E-state index contributed by atoms with van der Waals surface area (Å²) in [4.78, 5) is 0. The molecule has 0 heterocycles. The van der Waals surface area contributed by atoms with Crippen LogP contribution < -0.4 is 10.1 Å². The van der Waals surface area contributed by atoms with E-state index in [0.717, 1.165) is 37.2 Å². The number of benzene rings is 1. The van der Waals surface area contributed by atoms with Gasteiger partial charge in [-0.1, -0.05) is 45.2 Å². The van der Waals surface area contributed by atoms with Crippen LogP contribution in [0.15, 0.2) is 24.3 Å². The summed E-state index contributed by atoms with van der Waals surface area (Å²) in [6.07, 6.45) is 8.12. The molecule has 0 radical (unpaired) electrons. The lowest BCUT2D eigenvalue weighted by Crippen LogP contribution is -2.26. The fraction of sp³-hybridized carbons (Fsp3) is 0.684. The Labute approximate surface area is 130 Å². The third kappa shape index (κ3) is 5.70. The zero-order chi connectivity index (χ0) is 14.9. The van der Waals surface area contributed by atoms with Crippen molar-refractivity contribution >= 4 is 0 Å². The lowest BCUT2D eigenvalue weighted by Gasteiger charge is -2.27. The van der Waals surface area contributed by atoms with Crippen LogP contribution in [0, 0.1) is 11.8 Å². The van der Waals surface area contributed by atoms with Crippen molar-refractivity contribution in [3.63, 3.8) is 0 Å². The van der Waals surface area contributed by atoms with Gasteiger partial charge in [0.1, 0.15) is 5.75 Å². The Hall–Kier alpha value is -1.02. The summed E-state index contributed by atoms with van der Waals surface area (Å²) in [5.74, 6) is 2.87. The van der Waals surface area contributed by atoms with Gasteiger partial charge >= 0.3 is 0 Å². The van der Waals surface area contributed by atoms with Gasteiger partial charge in [0.05, 0.1) is 6.61 Å². The molecule has 0 aromatic heterocycles. The Morgan fingerprint density at radius 3 is 2.29 bits per heavy atom. The van der Waals surface area contributed by atoms with Gasteiger partial charge in [-0.2, -0.15) is 0 Å². The van der Waals surface area contributed by atoms with Gasteiger partial charge in [-0.15, -0.1) is 0 Å². The molecule has 1 aromatic carbocycles. The Bertz CT molecular complexity index is 379. The van der Waals surface area contributed by atoms with Crippen molar-refractivity contribution in [2.45, 2.75) is 58.9 Å². The highest BCUT2D eigenvalue weighted by molar-refractivity contribution is 5.27. The molecule has 21 heavy (non-hydrogen) atoms. The third-order valence-corrected chi connectivity index (χ3v) is 4.70. The molecule has 1 aliphatic rings. The minimum Gasteiger partial charge on any atom is -0.494 e. The van der Waals surface area contributed by atoms with E-state index in [9.17, 15) is 0 Å². The Morgan fingerprint density at radius 2 is 1.67 bits per heavy atom.